The minimum atomic E-state index is -0.237. The lowest BCUT2D eigenvalue weighted by Gasteiger charge is -2.38. The molecule has 17 heavy (non-hydrogen) atoms. The number of nitrogens with zero attached hydrogens (tertiary/aromatic N) is 1. The van der Waals surface area contributed by atoms with E-state index in [1.807, 2.05) is 0 Å². The maximum absolute atomic E-state index is 11.7. The van der Waals surface area contributed by atoms with Crippen molar-refractivity contribution in [2.75, 3.05) is 7.11 Å². The molecule has 0 saturated heterocycles. The fourth-order valence-corrected chi connectivity index (χ4v) is 2.75. The molecule has 2 atom stereocenters. The van der Waals surface area contributed by atoms with Gasteiger partial charge in [0.25, 0.3) is 0 Å². The molecule has 0 aromatic carbocycles. The van der Waals surface area contributed by atoms with Gasteiger partial charge in [-0.2, -0.15) is 0 Å². The van der Waals surface area contributed by atoms with E-state index in [0.717, 1.165) is 11.4 Å². The monoisotopic (exact) mass is 235 g/mol. The first kappa shape index (κ1) is 10.8. The lowest BCUT2D eigenvalue weighted by atomic mass is 9.76. The Kier molecular flexibility index (Phi) is 2.63. The highest BCUT2D eigenvalue weighted by molar-refractivity contribution is 5.76. The van der Waals surface area contributed by atoms with E-state index in [1.54, 1.807) is 6.33 Å². The number of ether oxygens (including phenoxy) is 1. The summed E-state index contributed by atoms with van der Waals surface area (Å²) >= 11 is 0. The van der Waals surface area contributed by atoms with Gasteiger partial charge in [-0.3, -0.25) is 10.1 Å². The molecule has 1 saturated carbocycles. The molecular formula is C12H17N3O2. The number of hydrogen-bond donors (Lipinski definition) is 2. The highest BCUT2D eigenvalue weighted by atomic mass is 16.5. The van der Waals surface area contributed by atoms with Crippen molar-refractivity contribution in [1.82, 2.24) is 15.3 Å². The molecule has 5 heteroatoms. The van der Waals surface area contributed by atoms with Crippen LogP contribution in [0.5, 0.6) is 0 Å². The van der Waals surface area contributed by atoms with Gasteiger partial charge in [-0.1, -0.05) is 6.42 Å². The highest BCUT2D eigenvalue weighted by Crippen LogP contribution is 2.40. The van der Waals surface area contributed by atoms with E-state index < -0.39 is 0 Å². The van der Waals surface area contributed by atoms with Gasteiger partial charge in [-0.05, 0) is 18.8 Å². The van der Waals surface area contributed by atoms with Crippen LogP contribution in [0, 0.1) is 5.92 Å². The molecule has 2 aliphatic rings. The second-order valence-corrected chi connectivity index (χ2v) is 4.88. The molecule has 1 aromatic rings. The van der Waals surface area contributed by atoms with E-state index in [4.69, 9.17) is 4.74 Å². The Labute approximate surface area is 100.0 Å². The summed E-state index contributed by atoms with van der Waals surface area (Å²) in [7, 11) is 1.44. The predicted octanol–water partition coefficient (Wildman–Crippen LogP) is 0.938. The van der Waals surface area contributed by atoms with Gasteiger partial charge >= 0.3 is 5.97 Å². The van der Waals surface area contributed by atoms with Gasteiger partial charge in [-0.25, -0.2) is 4.98 Å². The standard InChI is InChI=1S/C12H17N3O2/c1-17-12(16)9-5-8-11(14-6-13-8)10(15-9)7-3-2-4-7/h6-7,9-10,15H,2-5H2,1H3,(H,13,14)/t9-,10?/m1/s1. The Morgan fingerprint density at radius 1 is 1.53 bits per heavy atom. The second kappa shape index (κ2) is 4.14. The predicted molar refractivity (Wildman–Crippen MR) is 61.3 cm³/mol. The average Bonchev–Trinajstić information content (AvgIpc) is 2.73. The van der Waals surface area contributed by atoms with Gasteiger partial charge in [0, 0.05) is 12.1 Å². The Bertz CT molecular complexity index is 425. The van der Waals surface area contributed by atoms with Crippen LogP contribution in [0.3, 0.4) is 0 Å². The average molecular weight is 235 g/mol. The summed E-state index contributed by atoms with van der Waals surface area (Å²) < 4.78 is 4.83. The van der Waals surface area contributed by atoms with E-state index in [1.165, 1.54) is 26.4 Å². The number of carbonyl (C=O) groups excluding carboxylic acids is 1. The first-order valence-electron chi connectivity index (χ1n) is 6.15. The van der Waals surface area contributed by atoms with E-state index in [-0.39, 0.29) is 18.1 Å². The van der Waals surface area contributed by atoms with Crippen molar-refractivity contribution in [3.63, 3.8) is 0 Å². The molecule has 0 amide bonds. The number of esters is 1. The van der Waals surface area contributed by atoms with Gasteiger partial charge in [0.05, 0.1) is 25.2 Å². The number of aromatic nitrogens is 2. The molecule has 3 rings (SSSR count). The van der Waals surface area contributed by atoms with Crippen LogP contribution in [0.25, 0.3) is 0 Å². The SMILES string of the molecule is COC(=O)[C@H]1Cc2[nH]cnc2C(C2CCC2)N1. The van der Waals surface area contributed by atoms with Crippen molar-refractivity contribution in [1.29, 1.82) is 0 Å². The minimum absolute atomic E-state index is 0.186. The largest absolute Gasteiger partial charge is 0.468 e. The maximum Gasteiger partial charge on any atom is 0.323 e. The number of nitrogens with one attached hydrogen (secondary N) is 2. The third kappa shape index (κ3) is 1.74. The fraction of sp³-hybridized carbons (Fsp3) is 0.667. The summed E-state index contributed by atoms with van der Waals surface area (Å²) in [5, 5.41) is 3.39. The highest BCUT2D eigenvalue weighted by Gasteiger charge is 2.38. The van der Waals surface area contributed by atoms with E-state index in [0.29, 0.717) is 12.3 Å². The summed E-state index contributed by atoms with van der Waals surface area (Å²) in [6.07, 6.45) is 6.09. The lowest BCUT2D eigenvalue weighted by Crippen LogP contribution is -2.48. The van der Waals surface area contributed by atoms with Crippen molar-refractivity contribution in [3.05, 3.63) is 17.7 Å². The van der Waals surface area contributed by atoms with Crippen LogP contribution in [-0.2, 0) is 16.0 Å². The number of methoxy groups -OCH3 is 1. The molecule has 1 unspecified atom stereocenters. The van der Waals surface area contributed by atoms with E-state index in [2.05, 4.69) is 15.3 Å². The Balaban J connectivity index is 1.86. The van der Waals surface area contributed by atoms with E-state index >= 15 is 0 Å². The summed E-state index contributed by atoms with van der Waals surface area (Å²) in [5.74, 6) is 0.430. The number of H-pyrrole nitrogens is 1. The van der Waals surface area contributed by atoms with Gasteiger partial charge in [0.1, 0.15) is 6.04 Å². The summed E-state index contributed by atoms with van der Waals surface area (Å²) in [4.78, 5) is 19.2. The van der Waals surface area contributed by atoms with Crippen molar-refractivity contribution in [2.24, 2.45) is 5.92 Å². The van der Waals surface area contributed by atoms with E-state index in [9.17, 15) is 4.79 Å². The Morgan fingerprint density at radius 3 is 3.00 bits per heavy atom. The number of hydrogen-bond acceptors (Lipinski definition) is 4. The molecule has 92 valence electrons. The van der Waals surface area contributed by atoms with Gasteiger partial charge < -0.3 is 9.72 Å². The normalized spacial score (nSPS) is 28.3. The van der Waals surface area contributed by atoms with Crippen LogP contribution >= 0.6 is 0 Å². The van der Waals surface area contributed by atoms with Crippen LogP contribution < -0.4 is 5.32 Å². The second-order valence-electron chi connectivity index (χ2n) is 4.88. The summed E-state index contributed by atoms with van der Waals surface area (Å²) in [6.45, 7) is 0. The summed E-state index contributed by atoms with van der Waals surface area (Å²) in [5.41, 5.74) is 2.17. The molecule has 2 heterocycles. The zero-order valence-electron chi connectivity index (χ0n) is 9.90. The third-order valence-electron chi connectivity index (χ3n) is 3.94. The van der Waals surface area contributed by atoms with Gasteiger partial charge in [-0.15, -0.1) is 0 Å². The topological polar surface area (TPSA) is 67.0 Å². The molecule has 2 N–H and O–H groups in total. The molecule has 1 aromatic heterocycles. The lowest BCUT2D eigenvalue weighted by molar-refractivity contribution is -0.143. The number of imidazole rings is 1. The van der Waals surface area contributed by atoms with Crippen LogP contribution in [0.2, 0.25) is 0 Å². The first-order chi connectivity index (χ1) is 8.29. The van der Waals surface area contributed by atoms with Crippen molar-refractivity contribution < 1.29 is 9.53 Å². The van der Waals surface area contributed by atoms with Gasteiger partial charge in [0.15, 0.2) is 0 Å². The molecule has 0 spiro atoms. The molecule has 0 radical (unpaired) electrons. The number of rotatable bonds is 2. The zero-order chi connectivity index (χ0) is 11.8. The zero-order valence-corrected chi connectivity index (χ0v) is 9.90. The van der Waals surface area contributed by atoms with Crippen molar-refractivity contribution in [2.45, 2.75) is 37.8 Å². The van der Waals surface area contributed by atoms with Crippen LogP contribution in [-0.4, -0.2) is 29.1 Å². The molecule has 0 bridgehead atoms. The summed E-state index contributed by atoms with van der Waals surface area (Å²) in [6, 6.07) is -0.0265. The van der Waals surface area contributed by atoms with Crippen LogP contribution in [0.15, 0.2) is 6.33 Å². The third-order valence-corrected chi connectivity index (χ3v) is 3.94. The molecular weight excluding hydrogens is 218 g/mol. The van der Waals surface area contributed by atoms with Crippen molar-refractivity contribution in [3.8, 4) is 0 Å². The Morgan fingerprint density at radius 2 is 2.35 bits per heavy atom. The number of carbonyl (C=O) groups is 1. The maximum atomic E-state index is 11.7. The fourth-order valence-electron chi connectivity index (χ4n) is 2.75. The van der Waals surface area contributed by atoms with Crippen molar-refractivity contribution >= 4 is 5.97 Å². The molecule has 1 aliphatic heterocycles. The van der Waals surface area contributed by atoms with Crippen LogP contribution in [0.4, 0.5) is 0 Å². The quantitative estimate of drug-likeness (QED) is 0.749. The smallest absolute Gasteiger partial charge is 0.323 e. The minimum Gasteiger partial charge on any atom is -0.468 e. The molecule has 1 fully saturated rings. The first-order valence-corrected chi connectivity index (χ1v) is 6.15. The Hall–Kier alpha value is -1.36. The van der Waals surface area contributed by atoms with Crippen LogP contribution in [0.1, 0.15) is 36.7 Å². The number of fused-ring (bicyclic) bond motifs is 1. The van der Waals surface area contributed by atoms with Gasteiger partial charge in [0.2, 0.25) is 0 Å². The number of aromatic amines is 1. The molecule has 5 nitrogen and oxygen atoms in total. The molecule has 1 aliphatic carbocycles.